The SMILES string of the molecule is CC1(C)c2ccccc2-c2cc(-c3nc(-c4ccccc4)nc(-c4cccc5c4oc4c(-c6ccccc6)cccc45)n3)ccc21. The van der Waals surface area contributed by atoms with Gasteiger partial charge in [-0.25, -0.2) is 15.0 Å². The van der Waals surface area contributed by atoms with Crippen LogP contribution in [-0.4, -0.2) is 15.0 Å². The number of fused-ring (bicyclic) bond motifs is 6. The number of hydrogen-bond acceptors (Lipinski definition) is 4. The summed E-state index contributed by atoms with van der Waals surface area (Å²) in [6.07, 6.45) is 0. The van der Waals surface area contributed by atoms with Crippen LogP contribution in [0.1, 0.15) is 25.0 Å². The molecule has 218 valence electrons. The second kappa shape index (κ2) is 10.1. The summed E-state index contributed by atoms with van der Waals surface area (Å²) in [7, 11) is 0. The van der Waals surface area contributed by atoms with Crippen molar-refractivity contribution in [3.05, 3.63) is 151 Å². The van der Waals surface area contributed by atoms with Gasteiger partial charge in [0.05, 0.1) is 5.56 Å². The van der Waals surface area contributed by atoms with E-state index in [1.165, 1.54) is 22.3 Å². The van der Waals surface area contributed by atoms with Crippen molar-refractivity contribution in [2.45, 2.75) is 19.3 Å². The van der Waals surface area contributed by atoms with E-state index >= 15 is 0 Å². The molecule has 0 aliphatic heterocycles. The third-order valence-electron chi connectivity index (χ3n) is 9.36. The van der Waals surface area contributed by atoms with Crippen LogP contribution in [0.2, 0.25) is 0 Å². The second-order valence-electron chi connectivity index (χ2n) is 12.4. The fourth-order valence-corrected chi connectivity index (χ4v) is 7.04. The maximum atomic E-state index is 6.74. The minimum absolute atomic E-state index is 0.0700. The van der Waals surface area contributed by atoms with Gasteiger partial charge < -0.3 is 4.42 Å². The number of hydrogen-bond donors (Lipinski definition) is 0. The molecule has 2 heterocycles. The molecule has 1 aliphatic carbocycles. The first kappa shape index (κ1) is 26.5. The molecule has 9 rings (SSSR count). The lowest BCUT2D eigenvalue weighted by atomic mass is 9.82. The Morgan fingerprint density at radius 2 is 0.957 bits per heavy atom. The number of para-hydroxylation sites is 2. The van der Waals surface area contributed by atoms with E-state index in [2.05, 4.69) is 111 Å². The summed E-state index contributed by atoms with van der Waals surface area (Å²) < 4.78 is 6.74. The van der Waals surface area contributed by atoms with Crippen molar-refractivity contribution in [2.75, 3.05) is 0 Å². The smallest absolute Gasteiger partial charge is 0.167 e. The fourth-order valence-electron chi connectivity index (χ4n) is 7.04. The summed E-state index contributed by atoms with van der Waals surface area (Å²) in [6.45, 7) is 4.59. The van der Waals surface area contributed by atoms with Crippen LogP contribution in [0.3, 0.4) is 0 Å². The van der Waals surface area contributed by atoms with Crippen LogP contribution >= 0.6 is 0 Å². The highest BCUT2D eigenvalue weighted by molar-refractivity contribution is 6.12. The molecule has 4 nitrogen and oxygen atoms in total. The molecule has 0 N–H and O–H groups in total. The minimum Gasteiger partial charge on any atom is -0.455 e. The predicted octanol–water partition coefficient (Wildman–Crippen LogP) is 10.7. The van der Waals surface area contributed by atoms with E-state index in [1.54, 1.807) is 0 Å². The molecule has 0 saturated heterocycles. The zero-order valence-corrected chi connectivity index (χ0v) is 25.5. The second-order valence-corrected chi connectivity index (χ2v) is 12.4. The average molecular weight is 592 g/mol. The molecule has 0 atom stereocenters. The molecule has 46 heavy (non-hydrogen) atoms. The van der Waals surface area contributed by atoms with Gasteiger partial charge in [0.15, 0.2) is 17.5 Å². The van der Waals surface area contributed by atoms with Crippen molar-refractivity contribution >= 4 is 21.9 Å². The Morgan fingerprint density at radius 3 is 1.70 bits per heavy atom. The summed E-state index contributed by atoms with van der Waals surface area (Å²) in [4.78, 5) is 15.2. The lowest BCUT2D eigenvalue weighted by Gasteiger charge is -2.21. The summed E-state index contributed by atoms with van der Waals surface area (Å²) in [5, 5.41) is 2.10. The van der Waals surface area contributed by atoms with Crippen molar-refractivity contribution in [1.29, 1.82) is 0 Å². The molecular weight excluding hydrogens is 562 g/mol. The Hall–Kier alpha value is -5.87. The topological polar surface area (TPSA) is 51.8 Å². The van der Waals surface area contributed by atoms with Gasteiger partial charge in [-0.05, 0) is 39.9 Å². The predicted molar refractivity (Wildman–Crippen MR) is 186 cm³/mol. The molecule has 8 aromatic rings. The first-order chi connectivity index (χ1) is 22.6. The normalized spacial score (nSPS) is 13.2. The van der Waals surface area contributed by atoms with E-state index in [0.717, 1.165) is 49.8 Å². The summed E-state index contributed by atoms with van der Waals surface area (Å²) in [5.74, 6) is 1.84. The third kappa shape index (κ3) is 4.04. The van der Waals surface area contributed by atoms with E-state index in [4.69, 9.17) is 19.4 Å². The Balaban J connectivity index is 1.27. The number of furan rings is 1. The Bertz CT molecular complexity index is 2440. The van der Waals surface area contributed by atoms with Gasteiger partial charge in [0.2, 0.25) is 0 Å². The molecule has 6 aromatic carbocycles. The number of rotatable bonds is 4. The molecule has 0 saturated carbocycles. The number of aromatic nitrogens is 3. The van der Waals surface area contributed by atoms with Crippen molar-refractivity contribution < 1.29 is 4.42 Å². The molecule has 0 spiro atoms. The molecule has 2 aromatic heterocycles. The van der Waals surface area contributed by atoms with Gasteiger partial charge >= 0.3 is 0 Å². The van der Waals surface area contributed by atoms with Gasteiger partial charge in [-0.2, -0.15) is 0 Å². The number of benzene rings is 6. The minimum atomic E-state index is -0.0700. The standard InChI is InChI=1S/C42H29N3O/c1-42(2)35-22-10-9-17-30(35)34-25-28(23-24-36(34)42)40-43-39(27-15-7-4-8-16-27)44-41(45-40)33-21-12-20-32-31-19-11-18-29(37(31)46-38(32)33)26-13-5-3-6-14-26/h3-25H,1-2H3. The molecule has 0 fully saturated rings. The van der Waals surface area contributed by atoms with Crippen molar-refractivity contribution in [1.82, 2.24) is 15.0 Å². The van der Waals surface area contributed by atoms with Crippen molar-refractivity contribution in [3.8, 4) is 56.4 Å². The van der Waals surface area contributed by atoms with Crippen LogP contribution in [0.4, 0.5) is 0 Å². The zero-order chi connectivity index (χ0) is 30.8. The zero-order valence-electron chi connectivity index (χ0n) is 25.5. The van der Waals surface area contributed by atoms with Crippen LogP contribution < -0.4 is 0 Å². The van der Waals surface area contributed by atoms with Gasteiger partial charge in [0.25, 0.3) is 0 Å². The van der Waals surface area contributed by atoms with E-state index in [-0.39, 0.29) is 5.41 Å². The van der Waals surface area contributed by atoms with Gasteiger partial charge in [0.1, 0.15) is 11.2 Å². The third-order valence-corrected chi connectivity index (χ3v) is 9.36. The monoisotopic (exact) mass is 591 g/mol. The quantitative estimate of drug-likeness (QED) is 0.204. The first-order valence-electron chi connectivity index (χ1n) is 15.6. The highest BCUT2D eigenvalue weighted by atomic mass is 16.3. The van der Waals surface area contributed by atoms with Crippen LogP contribution in [0.25, 0.3) is 78.4 Å². The molecule has 0 bridgehead atoms. The van der Waals surface area contributed by atoms with Crippen molar-refractivity contribution in [3.63, 3.8) is 0 Å². The Labute approximate surface area is 267 Å². The van der Waals surface area contributed by atoms with E-state index in [9.17, 15) is 0 Å². The molecule has 4 heteroatoms. The molecule has 0 radical (unpaired) electrons. The first-order valence-corrected chi connectivity index (χ1v) is 15.6. The molecule has 1 aliphatic rings. The van der Waals surface area contributed by atoms with Gasteiger partial charge in [-0.1, -0.05) is 141 Å². The van der Waals surface area contributed by atoms with E-state index in [0.29, 0.717) is 17.5 Å². The van der Waals surface area contributed by atoms with Crippen molar-refractivity contribution in [2.24, 2.45) is 0 Å². The largest absolute Gasteiger partial charge is 0.455 e. The molecular formula is C42H29N3O. The summed E-state index contributed by atoms with van der Waals surface area (Å²) in [6, 6.07) is 48.3. The highest BCUT2D eigenvalue weighted by Gasteiger charge is 2.35. The maximum absolute atomic E-state index is 6.74. The lowest BCUT2D eigenvalue weighted by molar-refractivity contribution is 0.660. The van der Waals surface area contributed by atoms with Crippen LogP contribution in [-0.2, 0) is 5.41 Å². The van der Waals surface area contributed by atoms with Crippen LogP contribution in [0.15, 0.2) is 144 Å². The van der Waals surface area contributed by atoms with Crippen LogP contribution in [0, 0.1) is 0 Å². The molecule has 0 amide bonds. The van der Waals surface area contributed by atoms with Gasteiger partial charge in [-0.3, -0.25) is 0 Å². The van der Waals surface area contributed by atoms with Gasteiger partial charge in [0, 0.05) is 32.9 Å². The average Bonchev–Trinajstić information content (AvgIpc) is 3.61. The number of nitrogens with zero attached hydrogens (tertiary/aromatic N) is 3. The van der Waals surface area contributed by atoms with Gasteiger partial charge in [-0.15, -0.1) is 0 Å². The maximum Gasteiger partial charge on any atom is 0.167 e. The summed E-state index contributed by atoms with van der Waals surface area (Å²) in [5.41, 5.74) is 11.6. The highest BCUT2D eigenvalue weighted by Crippen LogP contribution is 2.49. The van der Waals surface area contributed by atoms with E-state index in [1.807, 2.05) is 42.5 Å². The fraction of sp³-hybridized carbons (Fsp3) is 0.0714. The summed E-state index contributed by atoms with van der Waals surface area (Å²) >= 11 is 0. The Kier molecular flexibility index (Phi) is 5.81. The van der Waals surface area contributed by atoms with E-state index < -0.39 is 0 Å². The lowest BCUT2D eigenvalue weighted by Crippen LogP contribution is -2.14. The molecule has 0 unspecified atom stereocenters. The Morgan fingerprint density at radius 1 is 0.413 bits per heavy atom. The van der Waals surface area contributed by atoms with Crippen LogP contribution in [0.5, 0.6) is 0 Å².